The predicted octanol–water partition coefficient (Wildman–Crippen LogP) is 3.88. The molecular weight excluding hydrogens is 292 g/mol. The van der Waals surface area contributed by atoms with E-state index in [-0.39, 0.29) is 5.75 Å². The second-order valence-corrected chi connectivity index (χ2v) is 4.94. The molecule has 0 saturated heterocycles. The van der Waals surface area contributed by atoms with E-state index in [1.165, 1.54) is 7.11 Å². The minimum Gasteiger partial charge on any atom is -0.497 e. The van der Waals surface area contributed by atoms with Gasteiger partial charge in [0, 0.05) is 0 Å². The van der Waals surface area contributed by atoms with Gasteiger partial charge < -0.3 is 9.47 Å². The Bertz CT molecular complexity index is 883. The minimum atomic E-state index is -0.540. The highest BCUT2D eigenvalue weighted by atomic mass is 16.5. The summed E-state index contributed by atoms with van der Waals surface area (Å²) < 4.78 is 10.5. The molecule has 0 radical (unpaired) electrons. The van der Waals surface area contributed by atoms with E-state index in [1.54, 1.807) is 30.3 Å². The number of hydrogen-bond donors (Lipinski definition) is 0. The number of hydrogen-bond acceptors (Lipinski definition) is 4. The Balaban J connectivity index is 1.97. The van der Waals surface area contributed by atoms with Crippen LogP contribution in [0, 0.1) is 0 Å². The Morgan fingerprint density at radius 2 is 1.83 bits per heavy atom. The maximum Gasteiger partial charge on any atom is 0.343 e. The zero-order chi connectivity index (χ0) is 16.2. The lowest BCUT2D eigenvalue weighted by atomic mass is 10.0. The number of carbonyl (C=O) groups is 2. The first-order chi connectivity index (χ1) is 11.2. The van der Waals surface area contributed by atoms with Gasteiger partial charge in [-0.1, -0.05) is 36.4 Å². The van der Waals surface area contributed by atoms with Crippen LogP contribution < -0.4 is 9.47 Å². The molecule has 0 saturated carbocycles. The molecule has 0 aliphatic carbocycles. The van der Waals surface area contributed by atoms with Crippen molar-refractivity contribution >= 4 is 23.0 Å². The molecule has 4 nitrogen and oxygen atoms in total. The average molecular weight is 306 g/mol. The summed E-state index contributed by atoms with van der Waals surface area (Å²) >= 11 is 0. The molecule has 0 unspecified atom stereocenters. The highest BCUT2D eigenvalue weighted by Gasteiger charge is 2.14. The lowest BCUT2D eigenvalue weighted by molar-refractivity contribution is 0.0733. The van der Waals surface area contributed by atoms with Crippen molar-refractivity contribution in [2.24, 2.45) is 0 Å². The molecule has 0 heterocycles. The van der Waals surface area contributed by atoms with Crippen molar-refractivity contribution in [2.75, 3.05) is 7.11 Å². The smallest absolute Gasteiger partial charge is 0.343 e. The van der Waals surface area contributed by atoms with Gasteiger partial charge in [0.05, 0.1) is 18.2 Å². The van der Waals surface area contributed by atoms with Crippen LogP contribution in [0.3, 0.4) is 0 Å². The molecular formula is C19H14O4. The van der Waals surface area contributed by atoms with Gasteiger partial charge in [-0.25, -0.2) is 4.79 Å². The molecule has 0 atom stereocenters. The van der Waals surface area contributed by atoms with Crippen molar-refractivity contribution in [2.45, 2.75) is 0 Å². The number of fused-ring (bicyclic) bond motifs is 1. The largest absolute Gasteiger partial charge is 0.497 e. The van der Waals surface area contributed by atoms with Gasteiger partial charge in [0.1, 0.15) is 11.5 Å². The van der Waals surface area contributed by atoms with Crippen LogP contribution in [-0.4, -0.2) is 19.4 Å². The van der Waals surface area contributed by atoms with E-state index in [2.05, 4.69) is 0 Å². The molecule has 0 aliphatic rings. The molecule has 114 valence electrons. The van der Waals surface area contributed by atoms with Gasteiger partial charge in [-0.2, -0.15) is 0 Å². The van der Waals surface area contributed by atoms with E-state index in [1.807, 2.05) is 30.3 Å². The molecule has 0 bridgehead atoms. The van der Waals surface area contributed by atoms with Crippen molar-refractivity contribution in [3.8, 4) is 11.5 Å². The highest BCUT2D eigenvalue weighted by molar-refractivity contribution is 6.02. The number of aldehydes is 1. The number of esters is 1. The van der Waals surface area contributed by atoms with Gasteiger partial charge >= 0.3 is 5.97 Å². The van der Waals surface area contributed by atoms with E-state index >= 15 is 0 Å². The zero-order valence-corrected chi connectivity index (χ0v) is 12.5. The first kappa shape index (κ1) is 14.8. The fraction of sp³-hybridized carbons (Fsp3) is 0.0526. The molecule has 4 heteroatoms. The van der Waals surface area contributed by atoms with Crippen LogP contribution in [-0.2, 0) is 0 Å². The Morgan fingerprint density at radius 1 is 1.00 bits per heavy atom. The Hall–Kier alpha value is -3.14. The second kappa shape index (κ2) is 6.32. The van der Waals surface area contributed by atoms with Crippen LogP contribution >= 0.6 is 0 Å². The van der Waals surface area contributed by atoms with Crippen LogP contribution in [0.1, 0.15) is 20.7 Å². The molecule has 3 aromatic rings. The molecule has 23 heavy (non-hydrogen) atoms. The van der Waals surface area contributed by atoms with Crippen LogP contribution in [0.2, 0.25) is 0 Å². The van der Waals surface area contributed by atoms with Crippen LogP contribution in [0.15, 0.2) is 60.7 Å². The third-order valence-electron chi connectivity index (χ3n) is 3.56. The van der Waals surface area contributed by atoms with E-state index < -0.39 is 5.97 Å². The summed E-state index contributed by atoms with van der Waals surface area (Å²) in [4.78, 5) is 23.7. The van der Waals surface area contributed by atoms with Crippen LogP contribution in [0.4, 0.5) is 0 Å². The predicted molar refractivity (Wildman–Crippen MR) is 87.3 cm³/mol. The molecule has 3 rings (SSSR count). The molecule has 0 N–H and O–H groups in total. The maximum atomic E-state index is 12.3. The zero-order valence-electron chi connectivity index (χ0n) is 12.5. The highest BCUT2D eigenvalue weighted by Crippen LogP contribution is 2.27. The number of benzene rings is 3. The molecule has 0 aromatic heterocycles. The molecule has 0 aliphatic heterocycles. The summed E-state index contributed by atoms with van der Waals surface area (Å²) in [6.07, 6.45) is 0.705. The van der Waals surface area contributed by atoms with Crippen molar-refractivity contribution in [1.29, 1.82) is 0 Å². The normalized spacial score (nSPS) is 10.3. The average Bonchev–Trinajstić information content (AvgIpc) is 2.61. The first-order valence-corrected chi connectivity index (χ1v) is 7.06. The van der Waals surface area contributed by atoms with E-state index in [9.17, 15) is 9.59 Å². The van der Waals surface area contributed by atoms with Gasteiger partial charge in [-0.05, 0) is 35.0 Å². The summed E-state index contributed by atoms with van der Waals surface area (Å²) in [5.74, 6) is 0.266. The van der Waals surface area contributed by atoms with Gasteiger partial charge in [-0.15, -0.1) is 0 Å². The van der Waals surface area contributed by atoms with Gasteiger partial charge in [-0.3, -0.25) is 4.79 Å². The fourth-order valence-electron chi connectivity index (χ4n) is 2.39. The van der Waals surface area contributed by atoms with Crippen molar-refractivity contribution in [1.82, 2.24) is 0 Å². The molecule has 3 aromatic carbocycles. The summed E-state index contributed by atoms with van der Waals surface area (Å²) in [5, 5.41) is 1.66. The van der Waals surface area contributed by atoms with Crippen molar-refractivity contribution in [3.63, 3.8) is 0 Å². The van der Waals surface area contributed by atoms with Gasteiger partial charge in [0.15, 0.2) is 6.29 Å². The maximum absolute atomic E-state index is 12.3. The third-order valence-corrected chi connectivity index (χ3v) is 3.56. The summed E-state index contributed by atoms with van der Waals surface area (Å²) in [6, 6.07) is 17.6. The summed E-state index contributed by atoms with van der Waals surface area (Å²) in [7, 11) is 1.53. The van der Waals surface area contributed by atoms with Crippen LogP contribution in [0.5, 0.6) is 11.5 Å². The summed E-state index contributed by atoms with van der Waals surface area (Å²) in [5.41, 5.74) is 0.716. The van der Waals surface area contributed by atoms with Crippen LogP contribution in [0.25, 0.3) is 10.8 Å². The topological polar surface area (TPSA) is 52.6 Å². The van der Waals surface area contributed by atoms with E-state index in [0.29, 0.717) is 23.2 Å². The third kappa shape index (κ3) is 2.92. The van der Waals surface area contributed by atoms with E-state index in [4.69, 9.17) is 9.47 Å². The van der Waals surface area contributed by atoms with Crippen molar-refractivity contribution < 1.29 is 19.1 Å². The lowest BCUT2D eigenvalue weighted by Gasteiger charge is -2.10. The minimum absolute atomic E-state index is 0.242. The SMILES string of the molecule is COc1cccc(C(=O)Oc2ccc3ccccc3c2C=O)c1. The number of carbonyl (C=O) groups excluding carboxylic acids is 2. The monoisotopic (exact) mass is 306 g/mol. The van der Waals surface area contributed by atoms with E-state index in [0.717, 1.165) is 10.8 Å². The van der Waals surface area contributed by atoms with Gasteiger partial charge in [0.25, 0.3) is 0 Å². The number of ether oxygens (including phenoxy) is 2. The Kier molecular flexibility index (Phi) is 4.06. The quantitative estimate of drug-likeness (QED) is 0.417. The second-order valence-electron chi connectivity index (χ2n) is 4.94. The molecule has 0 fully saturated rings. The Labute approximate surface area is 133 Å². The first-order valence-electron chi connectivity index (χ1n) is 7.06. The molecule has 0 spiro atoms. The number of rotatable bonds is 4. The lowest BCUT2D eigenvalue weighted by Crippen LogP contribution is -2.10. The Morgan fingerprint density at radius 3 is 2.61 bits per heavy atom. The summed E-state index contributed by atoms with van der Waals surface area (Å²) in [6.45, 7) is 0. The molecule has 0 amide bonds. The fourth-order valence-corrected chi connectivity index (χ4v) is 2.39. The number of methoxy groups -OCH3 is 1. The van der Waals surface area contributed by atoms with Gasteiger partial charge in [0.2, 0.25) is 0 Å². The standard InChI is InChI=1S/C19H14O4/c1-22-15-7-4-6-14(11-15)19(21)23-18-10-9-13-5-2-3-8-16(13)17(18)12-20/h2-12H,1H3. The van der Waals surface area contributed by atoms with Crippen molar-refractivity contribution in [3.05, 3.63) is 71.8 Å².